The Morgan fingerprint density at radius 1 is 1.33 bits per heavy atom. The molecular weight excluding hydrogens is 295 g/mol. The van der Waals surface area contributed by atoms with E-state index in [1.54, 1.807) is 25.1 Å². The summed E-state index contributed by atoms with van der Waals surface area (Å²) in [4.78, 5) is 23.3. The molecule has 1 aromatic rings. The number of hydrogen-bond acceptors (Lipinski definition) is 3. The minimum Gasteiger partial charge on any atom is -0.341 e. The topological polar surface area (TPSA) is 58.2 Å². The van der Waals surface area contributed by atoms with Crippen LogP contribution in [0.4, 0.5) is 4.79 Å². The van der Waals surface area contributed by atoms with Crippen LogP contribution < -0.4 is 10.6 Å². The van der Waals surface area contributed by atoms with Crippen molar-refractivity contribution in [2.45, 2.75) is 17.1 Å². The molecule has 0 radical (unpaired) electrons. The van der Waals surface area contributed by atoms with Crippen LogP contribution >= 0.6 is 35.0 Å². The van der Waals surface area contributed by atoms with Crippen molar-refractivity contribution < 1.29 is 9.59 Å². The zero-order chi connectivity index (χ0) is 13.7. The highest BCUT2D eigenvalue weighted by atomic mass is 35.5. The Morgan fingerprint density at radius 3 is 2.61 bits per heavy atom. The van der Waals surface area contributed by atoms with Gasteiger partial charge in [0.1, 0.15) is 0 Å². The molecule has 0 unspecified atom stereocenters. The van der Waals surface area contributed by atoms with Gasteiger partial charge in [-0.05, 0) is 25.1 Å². The molecular formula is C11H12Cl2N2O2S. The maximum Gasteiger partial charge on any atom is 0.321 e. The summed E-state index contributed by atoms with van der Waals surface area (Å²) in [5, 5.41) is 5.11. The fraction of sp³-hybridized carbons (Fsp3) is 0.273. The molecule has 0 aliphatic heterocycles. The summed E-state index contributed by atoms with van der Waals surface area (Å²) < 4.78 is 0. The first-order chi connectivity index (χ1) is 8.43. The number of hydrogen-bond donors (Lipinski definition) is 2. The molecule has 0 bridgehead atoms. The second-order valence-electron chi connectivity index (χ2n) is 3.40. The number of amides is 3. The van der Waals surface area contributed by atoms with Crippen LogP contribution in [0.5, 0.6) is 0 Å². The van der Waals surface area contributed by atoms with E-state index in [2.05, 4.69) is 10.6 Å². The fourth-order valence-electron chi connectivity index (χ4n) is 1.09. The molecule has 2 N–H and O–H groups in total. The van der Waals surface area contributed by atoms with Crippen molar-refractivity contribution in [1.29, 1.82) is 0 Å². The Bertz CT molecular complexity index is 468. The number of carbonyl (C=O) groups excluding carboxylic acids is 2. The third kappa shape index (κ3) is 4.40. The molecule has 1 atom stereocenters. The first-order valence-corrected chi connectivity index (χ1v) is 6.72. The van der Waals surface area contributed by atoms with Crippen LogP contribution in [-0.2, 0) is 4.79 Å². The lowest BCUT2D eigenvalue weighted by Crippen LogP contribution is -2.41. The second kappa shape index (κ2) is 6.87. The van der Waals surface area contributed by atoms with Crippen molar-refractivity contribution in [3.8, 4) is 0 Å². The summed E-state index contributed by atoms with van der Waals surface area (Å²) >= 11 is 13.1. The third-order valence-electron chi connectivity index (χ3n) is 2.03. The van der Waals surface area contributed by atoms with Crippen LogP contribution in [0.25, 0.3) is 0 Å². The number of thioether (sulfide) groups is 1. The van der Waals surface area contributed by atoms with E-state index in [9.17, 15) is 9.59 Å². The van der Waals surface area contributed by atoms with Gasteiger partial charge in [-0.15, -0.1) is 11.8 Å². The number of urea groups is 1. The summed E-state index contributed by atoms with van der Waals surface area (Å²) in [6, 6.07) is 4.47. The van der Waals surface area contributed by atoms with Crippen LogP contribution in [0.2, 0.25) is 10.0 Å². The van der Waals surface area contributed by atoms with E-state index in [1.165, 1.54) is 18.8 Å². The van der Waals surface area contributed by atoms with Gasteiger partial charge in [0.2, 0.25) is 5.91 Å². The molecule has 18 heavy (non-hydrogen) atoms. The van der Waals surface area contributed by atoms with Crippen molar-refractivity contribution >= 4 is 46.9 Å². The smallest absolute Gasteiger partial charge is 0.321 e. The standard InChI is InChI=1S/C11H12Cl2N2O2S/c1-6(10(16)15-11(17)14-2)18-9-5-7(12)3-4-8(9)13/h3-6H,1-2H3,(H2,14,15,16,17)/t6-/m1/s1. The monoisotopic (exact) mass is 306 g/mol. The molecule has 0 saturated heterocycles. The Balaban J connectivity index is 2.69. The Labute approximate surface area is 119 Å². The molecule has 0 aliphatic carbocycles. The van der Waals surface area contributed by atoms with Gasteiger partial charge in [-0.3, -0.25) is 10.1 Å². The van der Waals surface area contributed by atoms with Gasteiger partial charge in [0, 0.05) is 17.0 Å². The lowest BCUT2D eigenvalue weighted by molar-refractivity contribution is -0.119. The molecule has 0 saturated carbocycles. The second-order valence-corrected chi connectivity index (χ2v) is 5.63. The summed E-state index contributed by atoms with van der Waals surface area (Å²) in [7, 11) is 1.44. The van der Waals surface area contributed by atoms with E-state index in [4.69, 9.17) is 23.2 Å². The van der Waals surface area contributed by atoms with Crippen LogP contribution in [0.1, 0.15) is 6.92 Å². The van der Waals surface area contributed by atoms with Gasteiger partial charge < -0.3 is 5.32 Å². The van der Waals surface area contributed by atoms with Gasteiger partial charge in [0.05, 0.1) is 10.3 Å². The van der Waals surface area contributed by atoms with E-state index in [0.717, 1.165) is 0 Å². The van der Waals surface area contributed by atoms with Gasteiger partial charge in [0.15, 0.2) is 0 Å². The molecule has 0 fully saturated rings. The highest BCUT2D eigenvalue weighted by molar-refractivity contribution is 8.00. The van der Waals surface area contributed by atoms with Crippen molar-refractivity contribution in [2.24, 2.45) is 0 Å². The summed E-state index contributed by atoms with van der Waals surface area (Å²) in [5.74, 6) is -0.393. The molecule has 1 aromatic carbocycles. The lowest BCUT2D eigenvalue weighted by atomic mass is 10.4. The van der Waals surface area contributed by atoms with E-state index in [1.807, 2.05) is 0 Å². The number of nitrogens with one attached hydrogen (secondary N) is 2. The minimum atomic E-state index is -0.537. The van der Waals surface area contributed by atoms with Crippen molar-refractivity contribution in [1.82, 2.24) is 10.6 Å². The fourth-order valence-corrected chi connectivity index (χ4v) is 2.50. The molecule has 0 spiro atoms. The molecule has 0 aliphatic rings. The number of rotatable bonds is 3. The molecule has 0 aromatic heterocycles. The van der Waals surface area contributed by atoms with Crippen molar-refractivity contribution in [3.63, 3.8) is 0 Å². The zero-order valence-electron chi connectivity index (χ0n) is 9.79. The molecule has 3 amide bonds. The van der Waals surface area contributed by atoms with E-state index < -0.39 is 17.2 Å². The quantitative estimate of drug-likeness (QED) is 0.844. The minimum absolute atomic E-state index is 0.393. The average molecular weight is 307 g/mol. The SMILES string of the molecule is CNC(=O)NC(=O)[C@@H](C)Sc1cc(Cl)ccc1Cl. The molecule has 98 valence electrons. The molecule has 1 rings (SSSR count). The zero-order valence-corrected chi connectivity index (χ0v) is 12.1. The summed E-state index contributed by atoms with van der Waals surface area (Å²) in [5.41, 5.74) is 0. The van der Waals surface area contributed by atoms with Gasteiger partial charge in [-0.2, -0.15) is 0 Å². The van der Waals surface area contributed by atoms with Gasteiger partial charge in [0.25, 0.3) is 0 Å². The normalized spacial score (nSPS) is 11.8. The van der Waals surface area contributed by atoms with E-state index >= 15 is 0 Å². The summed E-state index contributed by atoms with van der Waals surface area (Å²) in [6.45, 7) is 1.68. The van der Waals surface area contributed by atoms with E-state index in [0.29, 0.717) is 14.9 Å². The number of imide groups is 1. The highest BCUT2D eigenvalue weighted by Crippen LogP contribution is 2.32. The molecule has 4 nitrogen and oxygen atoms in total. The van der Waals surface area contributed by atoms with E-state index in [-0.39, 0.29) is 0 Å². The maximum absolute atomic E-state index is 11.6. The largest absolute Gasteiger partial charge is 0.341 e. The molecule has 7 heteroatoms. The average Bonchev–Trinajstić information content (AvgIpc) is 2.33. The Hall–Kier alpha value is -0.910. The van der Waals surface area contributed by atoms with Crippen LogP contribution in [-0.4, -0.2) is 24.2 Å². The first kappa shape index (κ1) is 15.1. The first-order valence-electron chi connectivity index (χ1n) is 5.08. The summed E-state index contributed by atoms with van der Waals surface area (Å²) in [6.07, 6.45) is 0. The Kier molecular flexibility index (Phi) is 5.78. The van der Waals surface area contributed by atoms with Gasteiger partial charge >= 0.3 is 6.03 Å². The van der Waals surface area contributed by atoms with Gasteiger partial charge in [-0.25, -0.2) is 4.79 Å². The maximum atomic E-state index is 11.6. The number of carbonyl (C=O) groups is 2. The van der Waals surface area contributed by atoms with Crippen LogP contribution in [0.3, 0.4) is 0 Å². The van der Waals surface area contributed by atoms with Crippen LogP contribution in [0, 0.1) is 0 Å². The van der Waals surface area contributed by atoms with Crippen molar-refractivity contribution in [2.75, 3.05) is 7.05 Å². The Morgan fingerprint density at radius 2 is 2.00 bits per heavy atom. The number of halogens is 2. The van der Waals surface area contributed by atoms with Crippen LogP contribution in [0.15, 0.2) is 23.1 Å². The predicted molar refractivity (Wildman–Crippen MR) is 74.4 cm³/mol. The predicted octanol–water partition coefficient (Wildman–Crippen LogP) is 2.93. The number of benzene rings is 1. The van der Waals surface area contributed by atoms with Gasteiger partial charge in [-0.1, -0.05) is 23.2 Å². The highest BCUT2D eigenvalue weighted by Gasteiger charge is 2.17. The lowest BCUT2D eigenvalue weighted by Gasteiger charge is -2.12. The van der Waals surface area contributed by atoms with Crippen molar-refractivity contribution in [3.05, 3.63) is 28.2 Å². The molecule has 0 heterocycles. The third-order valence-corrected chi connectivity index (χ3v) is 3.87.